The van der Waals surface area contributed by atoms with Gasteiger partial charge in [0.15, 0.2) is 5.82 Å². The number of anilines is 1. The first kappa shape index (κ1) is 19.4. The normalized spacial score (nSPS) is 14.8. The number of piperidine rings is 1. The van der Waals surface area contributed by atoms with E-state index < -0.39 is 0 Å². The molecular weight excluding hydrogens is 338 g/mol. The molecule has 6 nitrogen and oxygen atoms in total. The van der Waals surface area contributed by atoms with Gasteiger partial charge in [-0.15, -0.1) is 12.4 Å². The van der Waals surface area contributed by atoms with Crippen LogP contribution in [0.4, 0.5) is 5.95 Å². The maximum atomic E-state index is 12.3. The summed E-state index contributed by atoms with van der Waals surface area (Å²) < 4.78 is 1.66. The Kier molecular flexibility index (Phi) is 6.96. The van der Waals surface area contributed by atoms with Crippen LogP contribution in [0.25, 0.3) is 0 Å². The van der Waals surface area contributed by atoms with Crippen LogP contribution in [0.3, 0.4) is 0 Å². The first-order valence-corrected chi connectivity index (χ1v) is 8.65. The zero-order valence-electron chi connectivity index (χ0n) is 14.8. The predicted molar refractivity (Wildman–Crippen MR) is 101 cm³/mol. The molecule has 1 amide bonds. The van der Waals surface area contributed by atoms with Gasteiger partial charge < -0.3 is 5.32 Å². The molecule has 0 aliphatic carbocycles. The minimum atomic E-state index is -0.0596. The molecule has 1 fully saturated rings. The van der Waals surface area contributed by atoms with E-state index in [1.54, 1.807) is 4.68 Å². The summed E-state index contributed by atoms with van der Waals surface area (Å²) in [6.07, 6.45) is 3.41. The third-order valence-electron chi connectivity index (χ3n) is 4.50. The monoisotopic (exact) mass is 363 g/mol. The van der Waals surface area contributed by atoms with Gasteiger partial charge in [-0.1, -0.05) is 31.2 Å². The molecular formula is C18H26ClN5O. The highest BCUT2D eigenvalue weighted by Gasteiger charge is 2.21. The lowest BCUT2D eigenvalue weighted by atomic mass is 9.98. The molecule has 1 aromatic heterocycles. The zero-order valence-corrected chi connectivity index (χ0v) is 15.6. The Morgan fingerprint density at radius 2 is 2.04 bits per heavy atom. The van der Waals surface area contributed by atoms with Gasteiger partial charge in [-0.05, 0) is 43.5 Å². The van der Waals surface area contributed by atoms with Crippen molar-refractivity contribution >= 4 is 24.3 Å². The van der Waals surface area contributed by atoms with Gasteiger partial charge in [0.25, 0.3) is 0 Å². The van der Waals surface area contributed by atoms with Gasteiger partial charge in [0.1, 0.15) is 0 Å². The van der Waals surface area contributed by atoms with Gasteiger partial charge >= 0.3 is 0 Å². The molecule has 0 bridgehead atoms. The molecule has 7 heteroatoms. The van der Waals surface area contributed by atoms with Crippen molar-refractivity contribution in [3.8, 4) is 0 Å². The number of rotatable bonds is 5. The number of benzene rings is 1. The van der Waals surface area contributed by atoms with Crippen LogP contribution < -0.4 is 10.6 Å². The standard InChI is InChI=1S/C18H25N5O.ClH/c1-3-13-5-4-6-14(11-13)12-16(24)20-18-21-17(22-23(18)2)15-7-9-19-10-8-15;/h4-6,11,15,19H,3,7-10,12H2,1-2H3,(H,20,21,22,24);1H. The van der Waals surface area contributed by atoms with Crippen molar-refractivity contribution in [1.29, 1.82) is 0 Å². The molecule has 1 aliphatic rings. The van der Waals surface area contributed by atoms with Gasteiger partial charge in [0.05, 0.1) is 6.42 Å². The smallest absolute Gasteiger partial charge is 0.231 e. The van der Waals surface area contributed by atoms with E-state index in [0.717, 1.165) is 43.7 Å². The largest absolute Gasteiger partial charge is 0.317 e. The lowest BCUT2D eigenvalue weighted by Gasteiger charge is -2.19. The molecule has 0 unspecified atom stereocenters. The van der Waals surface area contributed by atoms with Crippen molar-refractivity contribution in [2.75, 3.05) is 18.4 Å². The van der Waals surface area contributed by atoms with E-state index in [2.05, 4.69) is 39.8 Å². The quantitative estimate of drug-likeness (QED) is 0.855. The van der Waals surface area contributed by atoms with Crippen molar-refractivity contribution in [3.63, 3.8) is 0 Å². The highest BCUT2D eigenvalue weighted by Crippen LogP contribution is 2.23. The number of hydrogen-bond acceptors (Lipinski definition) is 4. The third kappa shape index (κ3) is 5.03. The van der Waals surface area contributed by atoms with Crippen LogP contribution in [0, 0.1) is 0 Å². The van der Waals surface area contributed by atoms with Gasteiger partial charge in [-0.3, -0.25) is 10.1 Å². The summed E-state index contributed by atoms with van der Waals surface area (Å²) in [6.45, 7) is 4.11. The highest BCUT2D eigenvalue weighted by atomic mass is 35.5. The van der Waals surface area contributed by atoms with Gasteiger partial charge in [0, 0.05) is 13.0 Å². The molecule has 0 saturated carbocycles. The fourth-order valence-electron chi connectivity index (χ4n) is 3.08. The van der Waals surface area contributed by atoms with Crippen molar-refractivity contribution in [2.45, 2.75) is 38.5 Å². The van der Waals surface area contributed by atoms with Crippen LogP contribution in [0.5, 0.6) is 0 Å². The summed E-state index contributed by atoms with van der Waals surface area (Å²) in [4.78, 5) is 16.9. The average Bonchev–Trinajstić information content (AvgIpc) is 2.96. The topological polar surface area (TPSA) is 71.8 Å². The molecule has 0 spiro atoms. The molecule has 2 heterocycles. The minimum Gasteiger partial charge on any atom is -0.317 e. The number of nitrogens with one attached hydrogen (secondary N) is 2. The number of hydrogen-bond donors (Lipinski definition) is 2. The Balaban J connectivity index is 0.00000225. The van der Waals surface area contributed by atoms with Crippen molar-refractivity contribution in [1.82, 2.24) is 20.1 Å². The first-order valence-electron chi connectivity index (χ1n) is 8.65. The summed E-state index contributed by atoms with van der Waals surface area (Å²) in [7, 11) is 1.82. The molecule has 2 aromatic rings. The Morgan fingerprint density at radius 1 is 1.32 bits per heavy atom. The van der Waals surface area contributed by atoms with Crippen LogP contribution in [0.1, 0.15) is 42.6 Å². The molecule has 2 N–H and O–H groups in total. The van der Waals surface area contributed by atoms with E-state index >= 15 is 0 Å². The molecule has 1 aromatic carbocycles. The van der Waals surface area contributed by atoms with Crippen LogP contribution in [-0.4, -0.2) is 33.8 Å². The van der Waals surface area contributed by atoms with Crippen LogP contribution in [0.2, 0.25) is 0 Å². The summed E-state index contributed by atoms with van der Waals surface area (Å²) in [5.41, 5.74) is 2.26. The predicted octanol–water partition coefficient (Wildman–Crippen LogP) is 2.45. The summed E-state index contributed by atoms with van der Waals surface area (Å²) in [5, 5.41) is 10.7. The second-order valence-electron chi connectivity index (χ2n) is 6.34. The number of halogens is 1. The van der Waals surface area contributed by atoms with E-state index in [0.29, 0.717) is 18.3 Å². The van der Waals surface area contributed by atoms with Crippen molar-refractivity contribution in [3.05, 3.63) is 41.2 Å². The van der Waals surface area contributed by atoms with Gasteiger partial charge in [-0.25, -0.2) is 4.68 Å². The van der Waals surface area contributed by atoms with E-state index in [1.165, 1.54) is 5.56 Å². The molecule has 136 valence electrons. The lowest BCUT2D eigenvalue weighted by Crippen LogP contribution is -2.27. The number of carbonyl (C=O) groups is 1. The lowest BCUT2D eigenvalue weighted by molar-refractivity contribution is -0.115. The molecule has 1 aliphatic heterocycles. The summed E-state index contributed by atoms with van der Waals surface area (Å²) >= 11 is 0. The number of aromatic nitrogens is 3. The maximum absolute atomic E-state index is 12.3. The fraction of sp³-hybridized carbons (Fsp3) is 0.500. The second-order valence-corrected chi connectivity index (χ2v) is 6.34. The SMILES string of the molecule is CCc1cccc(CC(=O)Nc2nc(C3CCNCC3)nn2C)c1.Cl. The Morgan fingerprint density at radius 3 is 2.76 bits per heavy atom. The van der Waals surface area contributed by atoms with Gasteiger partial charge in [-0.2, -0.15) is 10.1 Å². The molecule has 1 saturated heterocycles. The van der Waals surface area contributed by atoms with E-state index in [1.807, 2.05) is 19.2 Å². The summed E-state index contributed by atoms with van der Waals surface area (Å²) in [5.74, 6) is 1.68. The molecule has 3 rings (SSSR count). The molecule has 0 atom stereocenters. The number of aryl methyl sites for hydroxylation is 2. The summed E-state index contributed by atoms with van der Waals surface area (Å²) in [6, 6.07) is 8.14. The molecule has 25 heavy (non-hydrogen) atoms. The third-order valence-corrected chi connectivity index (χ3v) is 4.50. The minimum absolute atomic E-state index is 0. The zero-order chi connectivity index (χ0) is 16.9. The first-order chi connectivity index (χ1) is 11.7. The number of nitrogens with zero attached hydrogens (tertiary/aromatic N) is 3. The van der Waals surface area contributed by atoms with E-state index in [4.69, 9.17) is 0 Å². The number of carbonyl (C=O) groups excluding carboxylic acids is 1. The number of amides is 1. The van der Waals surface area contributed by atoms with Crippen molar-refractivity contribution < 1.29 is 4.79 Å². The van der Waals surface area contributed by atoms with E-state index in [-0.39, 0.29) is 18.3 Å². The Labute approximate surface area is 154 Å². The van der Waals surface area contributed by atoms with Crippen LogP contribution in [0.15, 0.2) is 24.3 Å². The second kappa shape index (κ2) is 8.97. The van der Waals surface area contributed by atoms with E-state index in [9.17, 15) is 4.79 Å². The van der Waals surface area contributed by atoms with Crippen LogP contribution in [-0.2, 0) is 24.7 Å². The highest BCUT2D eigenvalue weighted by molar-refractivity contribution is 5.90. The molecule has 0 radical (unpaired) electrons. The van der Waals surface area contributed by atoms with Crippen LogP contribution >= 0.6 is 12.4 Å². The average molecular weight is 364 g/mol. The fourth-order valence-corrected chi connectivity index (χ4v) is 3.08. The Hall–Kier alpha value is -1.92. The maximum Gasteiger partial charge on any atom is 0.231 e. The van der Waals surface area contributed by atoms with Crippen molar-refractivity contribution in [2.24, 2.45) is 7.05 Å². The van der Waals surface area contributed by atoms with Gasteiger partial charge in [0.2, 0.25) is 11.9 Å². The Bertz CT molecular complexity index is 709.